The summed E-state index contributed by atoms with van der Waals surface area (Å²) in [6.07, 6.45) is -1.24. The molecule has 0 aliphatic carbocycles. The normalized spacial score (nSPS) is 14.2. The standard InChI is InChI=1S/C22H23NO7/c1-12(24)20(27)13-8-9-16-14(10-13)23(11-18(26)30-22(2,3)4)21(28)19-15(25)6-5-7-17(19)29-16/h5-10,12,24-25H,11H2,1-4H3. The molecule has 0 spiro atoms. The SMILES string of the molecule is CC(O)C(=O)c1ccc2c(c1)N(CC(=O)OC(C)(C)C)C(=O)c1c(O)cccc1O2. The second-order valence-electron chi connectivity index (χ2n) is 7.95. The first kappa shape index (κ1) is 21.3. The highest BCUT2D eigenvalue weighted by atomic mass is 16.6. The number of hydrogen-bond donors (Lipinski definition) is 2. The van der Waals surface area contributed by atoms with Gasteiger partial charge in [0.05, 0.1) is 5.69 Å². The molecule has 3 rings (SSSR count). The third-order valence-electron chi connectivity index (χ3n) is 4.30. The van der Waals surface area contributed by atoms with Gasteiger partial charge in [0.25, 0.3) is 5.91 Å². The van der Waals surface area contributed by atoms with E-state index in [0.717, 1.165) is 4.90 Å². The number of aromatic hydroxyl groups is 1. The summed E-state index contributed by atoms with van der Waals surface area (Å²) in [6.45, 7) is 5.97. The number of esters is 1. The summed E-state index contributed by atoms with van der Waals surface area (Å²) < 4.78 is 11.1. The molecule has 1 unspecified atom stereocenters. The number of ketones is 1. The molecule has 1 heterocycles. The van der Waals surface area contributed by atoms with Crippen molar-refractivity contribution in [2.45, 2.75) is 39.4 Å². The number of rotatable bonds is 4. The number of benzene rings is 2. The Morgan fingerprint density at radius 3 is 2.50 bits per heavy atom. The average Bonchev–Trinajstić information content (AvgIpc) is 2.75. The van der Waals surface area contributed by atoms with Crippen LogP contribution in [0.2, 0.25) is 0 Å². The van der Waals surface area contributed by atoms with Crippen LogP contribution in [0.5, 0.6) is 17.2 Å². The zero-order valence-corrected chi connectivity index (χ0v) is 17.1. The second-order valence-corrected chi connectivity index (χ2v) is 7.95. The van der Waals surface area contributed by atoms with Crippen LogP contribution in [0.1, 0.15) is 48.4 Å². The minimum absolute atomic E-state index is 0.110. The number of nitrogens with zero attached hydrogens (tertiary/aromatic N) is 1. The van der Waals surface area contributed by atoms with Gasteiger partial charge < -0.3 is 19.7 Å². The molecule has 0 saturated heterocycles. The van der Waals surface area contributed by atoms with Gasteiger partial charge in [-0.15, -0.1) is 0 Å². The van der Waals surface area contributed by atoms with Gasteiger partial charge in [0.1, 0.15) is 35.3 Å². The van der Waals surface area contributed by atoms with Gasteiger partial charge in [-0.1, -0.05) is 6.07 Å². The number of ether oxygens (including phenoxy) is 2. The Morgan fingerprint density at radius 1 is 1.17 bits per heavy atom. The molecule has 0 fully saturated rings. The summed E-state index contributed by atoms with van der Waals surface area (Å²) in [7, 11) is 0. The van der Waals surface area contributed by atoms with Gasteiger partial charge in [-0.3, -0.25) is 19.3 Å². The first-order valence-electron chi connectivity index (χ1n) is 9.38. The molecule has 0 bridgehead atoms. The van der Waals surface area contributed by atoms with Gasteiger partial charge in [-0.05, 0) is 58.0 Å². The van der Waals surface area contributed by atoms with Crippen molar-refractivity contribution in [2.24, 2.45) is 0 Å². The maximum Gasteiger partial charge on any atom is 0.326 e. The summed E-state index contributed by atoms with van der Waals surface area (Å²) >= 11 is 0. The number of hydrogen-bond acceptors (Lipinski definition) is 7. The largest absolute Gasteiger partial charge is 0.507 e. The second kappa shape index (κ2) is 7.79. The maximum atomic E-state index is 13.3. The number of anilines is 1. The lowest BCUT2D eigenvalue weighted by Crippen LogP contribution is -2.38. The lowest BCUT2D eigenvalue weighted by Gasteiger charge is -2.25. The number of carbonyl (C=O) groups is 3. The lowest BCUT2D eigenvalue weighted by atomic mass is 10.1. The predicted molar refractivity (Wildman–Crippen MR) is 108 cm³/mol. The highest BCUT2D eigenvalue weighted by molar-refractivity contribution is 6.13. The van der Waals surface area contributed by atoms with E-state index in [9.17, 15) is 24.6 Å². The fourth-order valence-electron chi connectivity index (χ4n) is 3.05. The van der Waals surface area contributed by atoms with Crippen LogP contribution in [0.25, 0.3) is 0 Å². The highest BCUT2D eigenvalue weighted by Crippen LogP contribution is 2.42. The van der Waals surface area contributed by atoms with Crippen LogP contribution in [0, 0.1) is 0 Å². The molecule has 8 heteroatoms. The van der Waals surface area contributed by atoms with Crippen LogP contribution >= 0.6 is 0 Å². The molecule has 0 radical (unpaired) electrons. The van der Waals surface area contributed by atoms with Crippen LogP contribution in [0.4, 0.5) is 5.69 Å². The molecule has 2 aromatic rings. The van der Waals surface area contributed by atoms with E-state index in [1.165, 1.54) is 43.3 Å². The fraction of sp³-hybridized carbons (Fsp3) is 0.318. The van der Waals surface area contributed by atoms with E-state index in [-0.39, 0.29) is 34.1 Å². The molecule has 1 aliphatic heterocycles. The Kier molecular flexibility index (Phi) is 5.54. The number of amides is 1. The zero-order valence-electron chi connectivity index (χ0n) is 17.1. The van der Waals surface area contributed by atoms with Crippen molar-refractivity contribution in [3.05, 3.63) is 47.5 Å². The minimum atomic E-state index is -1.24. The fourth-order valence-corrected chi connectivity index (χ4v) is 3.05. The number of phenols is 1. The lowest BCUT2D eigenvalue weighted by molar-refractivity contribution is -0.152. The molecule has 1 atom stereocenters. The highest BCUT2D eigenvalue weighted by Gasteiger charge is 2.33. The quantitative estimate of drug-likeness (QED) is 0.585. The molecule has 158 valence electrons. The Labute approximate surface area is 173 Å². The number of Topliss-reactive ketones (excluding diaryl/α,β-unsaturated/α-hetero) is 1. The Morgan fingerprint density at radius 2 is 1.87 bits per heavy atom. The first-order chi connectivity index (χ1) is 14.0. The molecule has 8 nitrogen and oxygen atoms in total. The van der Waals surface area contributed by atoms with Crippen molar-refractivity contribution in [3.8, 4) is 17.2 Å². The number of aliphatic hydroxyl groups excluding tert-OH is 1. The molecule has 2 N–H and O–H groups in total. The Hall–Kier alpha value is -3.39. The van der Waals surface area contributed by atoms with Crippen LogP contribution in [-0.2, 0) is 9.53 Å². The van der Waals surface area contributed by atoms with Crippen LogP contribution < -0.4 is 9.64 Å². The third kappa shape index (κ3) is 4.28. The summed E-state index contributed by atoms with van der Waals surface area (Å²) in [5, 5.41) is 19.9. The van der Waals surface area contributed by atoms with Gasteiger partial charge in [0, 0.05) is 5.56 Å². The molecule has 0 aromatic heterocycles. The van der Waals surface area contributed by atoms with Gasteiger partial charge >= 0.3 is 5.97 Å². The zero-order chi connectivity index (χ0) is 22.2. The number of phenolic OH excluding ortho intramolecular Hbond substituents is 1. The smallest absolute Gasteiger partial charge is 0.326 e. The van der Waals surface area contributed by atoms with Gasteiger partial charge in [-0.25, -0.2) is 0 Å². The summed E-state index contributed by atoms with van der Waals surface area (Å²) in [5.74, 6) is -1.89. The summed E-state index contributed by atoms with van der Waals surface area (Å²) in [5.41, 5.74) is -0.590. The molecule has 0 saturated carbocycles. The van der Waals surface area contributed by atoms with Crippen molar-refractivity contribution >= 4 is 23.3 Å². The Bertz CT molecular complexity index is 1020. The van der Waals surface area contributed by atoms with E-state index >= 15 is 0 Å². The van der Waals surface area contributed by atoms with Crippen molar-refractivity contribution in [1.29, 1.82) is 0 Å². The van der Waals surface area contributed by atoms with Crippen LogP contribution in [-0.4, -0.2) is 46.1 Å². The average molecular weight is 413 g/mol. The molecule has 1 amide bonds. The predicted octanol–water partition coefficient (Wildman–Crippen LogP) is 3.05. The van der Waals surface area contributed by atoms with Crippen molar-refractivity contribution < 1.29 is 34.1 Å². The van der Waals surface area contributed by atoms with Crippen molar-refractivity contribution in [1.82, 2.24) is 0 Å². The monoisotopic (exact) mass is 413 g/mol. The summed E-state index contributed by atoms with van der Waals surface area (Å²) in [6, 6.07) is 8.68. The van der Waals surface area contributed by atoms with E-state index in [4.69, 9.17) is 9.47 Å². The topological polar surface area (TPSA) is 113 Å². The molecular weight excluding hydrogens is 390 g/mol. The molecule has 1 aliphatic rings. The van der Waals surface area contributed by atoms with E-state index in [1.54, 1.807) is 20.8 Å². The van der Waals surface area contributed by atoms with Crippen LogP contribution in [0.15, 0.2) is 36.4 Å². The van der Waals surface area contributed by atoms with Gasteiger partial charge in [0.2, 0.25) is 0 Å². The Balaban J connectivity index is 2.13. The number of carbonyl (C=O) groups excluding carboxylic acids is 3. The van der Waals surface area contributed by atoms with E-state index in [0.29, 0.717) is 0 Å². The van der Waals surface area contributed by atoms with Crippen molar-refractivity contribution in [2.75, 3.05) is 11.4 Å². The molecule has 2 aromatic carbocycles. The number of fused-ring (bicyclic) bond motifs is 2. The third-order valence-corrected chi connectivity index (χ3v) is 4.30. The first-order valence-corrected chi connectivity index (χ1v) is 9.38. The van der Waals surface area contributed by atoms with Gasteiger partial charge in [-0.2, -0.15) is 0 Å². The molecule has 30 heavy (non-hydrogen) atoms. The number of aliphatic hydroxyl groups is 1. The van der Waals surface area contributed by atoms with Gasteiger partial charge in [0.15, 0.2) is 11.5 Å². The van der Waals surface area contributed by atoms with E-state index < -0.39 is 35.9 Å². The van der Waals surface area contributed by atoms with E-state index in [2.05, 4.69) is 0 Å². The van der Waals surface area contributed by atoms with Crippen molar-refractivity contribution in [3.63, 3.8) is 0 Å². The maximum absolute atomic E-state index is 13.3. The van der Waals surface area contributed by atoms with E-state index in [1.807, 2.05) is 0 Å². The van der Waals surface area contributed by atoms with Crippen LogP contribution in [0.3, 0.4) is 0 Å². The minimum Gasteiger partial charge on any atom is -0.507 e. The summed E-state index contributed by atoms with van der Waals surface area (Å²) in [4.78, 5) is 39.1. The molecular formula is C22H23NO7.